The third-order valence-corrected chi connectivity index (χ3v) is 5.81. The fourth-order valence-corrected chi connectivity index (χ4v) is 4.01. The number of thiazole rings is 1. The number of benzene rings is 2. The van der Waals surface area contributed by atoms with Crippen molar-refractivity contribution >= 4 is 33.3 Å². The Morgan fingerprint density at radius 1 is 1.13 bits per heavy atom. The number of amides is 1. The minimum Gasteiger partial charge on any atom is -0.497 e. The molecule has 0 spiro atoms. The van der Waals surface area contributed by atoms with Gasteiger partial charge in [-0.2, -0.15) is 0 Å². The number of fused-ring (bicyclic) bond motifs is 1. The summed E-state index contributed by atoms with van der Waals surface area (Å²) in [5, 5.41) is 6.26. The van der Waals surface area contributed by atoms with Crippen LogP contribution in [0.4, 0.5) is 5.13 Å². The average Bonchev–Trinajstić information content (AvgIpc) is 3.35. The van der Waals surface area contributed by atoms with Gasteiger partial charge < -0.3 is 19.2 Å². The third-order valence-electron chi connectivity index (χ3n) is 5.05. The third kappa shape index (κ3) is 3.89. The molecule has 0 unspecified atom stereocenters. The average molecular weight is 423 g/mol. The van der Waals surface area contributed by atoms with Gasteiger partial charge in [-0.3, -0.25) is 4.79 Å². The van der Waals surface area contributed by atoms with Crippen LogP contribution >= 0.6 is 11.3 Å². The van der Waals surface area contributed by atoms with E-state index in [-0.39, 0.29) is 12.3 Å². The Morgan fingerprint density at radius 2 is 1.93 bits per heavy atom. The number of furan rings is 1. The van der Waals surface area contributed by atoms with Gasteiger partial charge in [0.2, 0.25) is 5.91 Å². The SMILES string of the molecule is COc1ccc(OC)c(-c2csc(NC(=O)Cc3coc4cc(C)c(C)cc34)n2)c1. The summed E-state index contributed by atoms with van der Waals surface area (Å²) in [5.41, 5.74) is 5.50. The van der Waals surface area contributed by atoms with Crippen LogP contribution in [0.2, 0.25) is 0 Å². The second kappa shape index (κ2) is 8.20. The van der Waals surface area contributed by atoms with E-state index < -0.39 is 0 Å². The van der Waals surface area contributed by atoms with Gasteiger partial charge in [0.15, 0.2) is 5.13 Å². The lowest BCUT2D eigenvalue weighted by atomic mass is 10.0. The van der Waals surface area contributed by atoms with Crippen molar-refractivity contribution in [2.45, 2.75) is 20.3 Å². The first kappa shape index (κ1) is 20.0. The summed E-state index contributed by atoms with van der Waals surface area (Å²) in [6.07, 6.45) is 1.87. The quantitative estimate of drug-likeness (QED) is 0.452. The molecule has 1 N–H and O–H groups in total. The van der Waals surface area contributed by atoms with Crippen LogP contribution in [0.3, 0.4) is 0 Å². The number of hydrogen-bond donors (Lipinski definition) is 1. The maximum absolute atomic E-state index is 12.6. The Balaban J connectivity index is 1.52. The maximum Gasteiger partial charge on any atom is 0.230 e. The lowest BCUT2D eigenvalue weighted by Gasteiger charge is -2.08. The van der Waals surface area contributed by atoms with E-state index in [0.717, 1.165) is 27.7 Å². The molecule has 1 amide bonds. The number of carbonyl (C=O) groups excluding carboxylic acids is 1. The minimum atomic E-state index is -0.144. The number of ether oxygens (including phenoxy) is 2. The molecule has 7 heteroatoms. The van der Waals surface area contributed by atoms with Gasteiger partial charge in [-0.25, -0.2) is 4.98 Å². The molecule has 154 valence electrons. The zero-order chi connectivity index (χ0) is 21.3. The Morgan fingerprint density at radius 3 is 2.70 bits per heavy atom. The summed E-state index contributed by atoms with van der Waals surface area (Å²) in [6.45, 7) is 4.09. The van der Waals surface area contributed by atoms with Crippen molar-refractivity contribution in [1.82, 2.24) is 4.98 Å². The summed E-state index contributed by atoms with van der Waals surface area (Å²) in [5.74, 6) is 1.26. The second-order valence-corrected chi connectivity index (χ2v) is 7.88. The van der Waals surface area contributed by atoms with Crippen LogP contribution in [0.25, 0.3) is 22.2 Å². The summed E-state index contributed by atoms with van der Waals surface area (Å²) in [4.78, 5) is 17.2. The van der Waals surface area contributed by atoms with Crippen LogP contribution in [0.5, 0.6) is 11.5 Å². The van der Waals surface area contributed by atoms with Crippen LogP contribution < -0.4 is 14.8 Å². The summed E-state index contributed by atoms with van der Waals surface area (Å²) in [6, 6.07) is 9.59. The van der Waals surface area contributed by atoms with Gasteiger partial charge in [0.1, 0.15) is 17.1 Å². The molecule has 0 fully saturated rings. The smallest absolute Gasteiger partial charge is 0.230 e. The van der Waals surface area contributed by atoms with Gasteiger partial charge in [-0.1, -0.05) is 0 Å². The standard InChI is InChI=1S/C23H22N2O4S/c1-13-7-17-15(11-29-21(17)8-14(13)2)9-22(26)25-23-24-19(12-30-23)18-10-16(27-3)5-6-20(18)28-4/h5-8,10-12H,9H2,1-4H3,(H,24,25,26). The fraction of sp³-hybridized carbons (Fsp3) is 0.217. The highest BCUT2D eigenvalue weighted by molar-refractivity contribution is 7.14. The molecule has 2 aromatic carbocycles. The number of nitrogens with zero attached hydrogens (tertiary/aromatic N) is 1. The Labute approximate surface area is 178 Å². The predicted octanol–water partition coefficient (Wildman–Crippen LogP) is 5.37. The highest BCUT2D eigenvalue weighted by Gasteiger charge is 2.15. The lowest BCUT2D eigenvalue weighted by molar-refractivity contribution is -0.115. The van der Waals surface area contributed by atoms with Crippen LogP contribution in [-0.2, 0) is 11.2 Å². The number of anilines is 1. The molecular formula is C23H22N2O4S. The van der Waals surface area contributed by atoms with E-state index in [1.54, 1.807) is 20.5 Å². The van der Waals surface area contributed by atoms with Crippen molar-refractivity contribution in [2.24, 2.45) is 0 Å². The van der Waals surface area contributed by atoms with Crippen molar-refractivity contribution < 1.29 is 18.7 Å². The van der Waals surface area contributed by atoms with Gasteiger partial charge in [-0.15, -0.1) is 11.3 Å². The van der Waals surface area contributed by atoms with Crippen molar-refractivity contribution in [3.63, 3.8) is 0 Å². The number of aryl methyl sites for hydroxylation is 2. The number of aromatic nitrogens is 1. The number of rotatable bonds is 6. The van der Waals surface area contributed by atoms with Crippen LogP contribution in [-0.4, -0.2) is 25.1 Å². The van der Waals surface area contributed by atoms with Crippen molar-refractivity contribution in [3.05, 3.63) is 58.7 Å². The monoisotopic (exact) mass is 422 g/mol. The number of hydrogen-bond acceptors (Lipinski definition) is 6. The second-order valence-electron chi connectivity index (χ2n) is 7.02. The van der Waals surface area contributed by atoms with E-state index >= 15 is 0 Å². The van der Waals surface area contributed by atoms with E-state index in [0.29, 0.717) is 22.3 Å². The zero-order valence-corrected chi connectivity index (χ0v) is 18.1. The van der Waals surface area contributed by atoms with Crippen LogP contribution in [0, 0.1) is 13.8 Å². The first-order valence-corrected chi connectivity index (χ1v) is 10.3. The van der Waals surface area contributed by atoms with Crippen molar-refractivity contribution in [1.29, 1.82) is 0 Å². The summed E-state index contributed by atoms with van der Waals surface area (Å²) >= 11 is 1.36. The number of carbonyl (C=O) groups is 1. The molecule has 0 atom stereocenters. The molecule has 4 aromatic rings. The Hall–Kier alpha value is -3.32. The molecule has 4 rings (SSSR count). The molecule has 0 saturated carbocycles. The lowest BCUT2D eigenvalue weighted by Crippen LogP contribution is -2.14. The maximum atomic E-state index is 12.6. The molecule has 2 heterocycles. The topological polar surface area (TPSA) is 73.6 Å². The normalized spacial score (nSPS) is 10.9. The minimum absolute atomic E-state index is 0.144. The molecule has 0 aliphatic carbocycles. The molecule has 30 heavy (non-hydrogen) atoms. The molecule has 0 radical (unpaired) electrons. The van der Waals surface area contributed by atoms with Gasteiger partial charge in [0.25, 0.3) is 0 Å². The van der Waals surface area contributed by atoms with Crippen LogP contribution in [0.1, 0.15) is 16.7 Å². The van der Waals surface area contributed by atoms with Crippen LogP contribution in [0.15, 0.2) is 46.4 Å². The number of nitrogens with one attached hydrogen (secondary N) is 1. The van der Waals surface area contributed by atoms with Gasteiger partial charge in [0.05, 0.1) is 32.6 Å². The molecule has 0 aliphatic heterocycles. The van der Waals surface area contributed by atoms with Crippen molar-refractivity contribution in [2.75, 3.05) is 19.5 Å². The van der Waals surface area contributed by atoms with E-state index in [2.05, 4.69) is 23.3 Å². The first-order valence-electron chi connectivity index (χ1n) is 9.43. The van der Waals surface area contributed by atoms with E-state index in [4.69, 9.17) is 13.9 Å². The summed E-state index contributed by atoms with van der Waals surface area (Å²) < 4.78 is 16.4. The molecule has 0 bridgehead atoms. The fourth-order valence-electron chi connectivity index (χ4n) is 3.28. The predicted molar refractivity (Wildman–Crippen MR) is 119 cm³/mol. The van der Waals surface area contributed by atoms with Gasteiger partial charge in [-0.05, 0) is 55.3 Å². The molecule has 2 aromatic heterocycles. The Bertz CT molecular complexity index is 1230. The first-order chi connectivity index (χ1) is 14.5. The van der Waals surface area contributed by atoms with E-state index in [1.165, 1.54) is 16.9 Å². The van der Waals surface area contributed by atoms with E-state index in [9.17, 15) is 4.79 Å². The molecule has 0 saturated heterocycles. The highest BCUT2D eigenvalue weighted by Crippen LogP contribution is 2.35. The summed E-state index contributed by atoms with van der Waals surface area (Å²) in [7, 11) is 3.22. The largest absolute Gasteiger partial charge is 0.497 e. The Kier molecular flexibility index (Phi) is 5.46. The number of methoxy groups -OCH3 is 2. The van der Waals surface area contributed by atoms with Gasteiger partial charge >= 0.3 is 0 Å². The van der Waals surface area contributed by atoms with Gasteiger partial charge in [0, 0.05) is 21.9 Å². The molecular weight excluding hydrogens is 400 g/mol. The molecule has 0 aliphatic rings. The van der Waals surface area contributed by atoms with Crippen molar-refractivity contribution in [3.8, 4) is 22.8 Å². The highest BCUT2D eigenvalue weighted by atomic mass is 32.1. The molecule has 6 nitrogen and oxygen atoms in total. The van der Waals surface area contributed by atoms with E-state index in [1.807, 2.05) is 36.6 Å². The zero-order valence-electron chi connectivity index (χ0n) is 17.2.